The number of anilines is 4. The summed E-state index contributed by atoms with van der Waals surface area (Å²) in [6, 6.07) is 15.8. The lowest BCUT2D eigenvalue weighted by atomic mass is 9.56. The lowest BCUT2D eigenvalue weighted by Crippen LogP contribution is -2.64. The van der Waals surface area contributed by atoms with E-state index in [0.29, 0.717) is 11.8 Å². The minimum Gasteiger partial charge on any atom is -0.378 e. The Morgan fingerprint density at radius 3 is 1.26 bits per heavy atom. The van der Waals surface area contributed by atoms with Gasteiger partial charge in [-0.15, -0.1) is 0 Å². The lowest BCUT2D eigenvalue weighted by Gasteiger charge is -2.54. The second-order valence-corrected chi connectivity index (χ2v) is 14.6. The van der Waals surface area contributed by atoms with Crippen molar-refractivity contribution in [2.75, 3.05) is 48.6 Å². The van der Waals surface area contributed by atoms with Crippen LogP contribution in [0.15, 0.2) is 48.5 Å². The fourth-order valence-electron chi connectivity index (χ4n) is 8.73. The molecule has 0 spiro atoms. The first-order chi connectivity index (χ1) is 22.2. The van der Waals surface area contributed by atoms with Crippen molar-refractivity contribution in [2.24, 2.45) is 17.3 Å². The summed E-state index contributed by atoms with van der Waals surface area (Å²) >= 11 is 0. The van der Waals surface area contributed by atoms with Crippen LogP contribution in [0.2, 0.25) is 0 Å². The zero-order valence-corrected chi connectivity index (χ0v) is 28.7. The Bertz CT molecular complexity index is 1150. The molecule has 46 heavy (non-hydrogen) atoms. The molecule has 4 N–H and O–H groups in total. The topological polar surface area (TPSA) is 88.7 Å². The Hall–Kier alpha value is -3.42. The molecule has 0 saturated heterocycles. The van der Waals surface area contributed by atoms with E-state index >= 15 is 0 Å². The molecular formula is C38H58N6O2. The molecule has 252 valence electrons. The van der Waals surface area contributed by atoms with E-state index in [1.807, 2.05) is 76.7 Å². The fourth-order valence-corrected chi connectivity index (χ4v) is 8.73. The summed E-state index contributed by atoms with van der Waals surface area (Å²) in [6.45, 7) is 0. The second kappa shape index (κ2) is 15.9. The van der Waals surface area contributed by atoms with Crippen LogP contribution >= 0.6 is 0 Å². The molecule has 4 amide bonds. The summed E-state index contributed by atoms with van der Waals surface area (Å²) in [6.07, 6.45) is 17.4. The van der Waals surface area contributed by atoms with Gasteiger partial charge in [0, 0.05) is 68.4 Å². The minimum absolute atomic E-state index is 0.000694. The van der Waals surface area contributed by atoms with Gasteiger partial charge in [0.1, 0.15) is 0 Å². The van der Waals surface area contributed by atoms with E-state index in [4.69, 9.17) is 0 Å². The number of hydrogen-bond acceptors (Lipinski definition) is 4. The van der Waals surface area contributed by atoms with Gasteiger partial charge in [-0.1, -0.05) is 57.8 Å². The van der Waals surface area contributed by atoms with E-state index in [9.17, 15) is 9.59 Å². The van der Waals surface area contributed by atoms with Gasteiger partial charge in [-0.2, -0.15) is 0 Å². The molecule has 2 unspecified atom stereocenters. The van der Waals surface area contributed by atoms with E-state index in [-0.39, 0.29) is 29.6 Å². The van der Waals surface area contributed by atoms with E-state index in [2.05, 4.69) is 31.1 Å². The summed E-state index contributed by atoms with van der Waals surface area (Å²) in [4.78, 5) is 31.9. The number of benzene rings is 2. The standard InChI is InChI=1S/C38H58N6O2/c1-43(2)32-22-18-30(19-23-32)39-36(45)41-34(28-14-8-5-9-15-28)38(26-12-7-13-27-38)35(29-16-10-6-11-17-29)42-37(46)40-31-20-24-33(25-21-31)44(3)4/h18-25,28-29,34-35H,5-17,26-27H2,1-4H3,(H2,39,41,45)(H2,40,42,46). The van der Waals surface area contributed by atoms with Crippen LogP contribution in [0.3, 0.4) is 0 Å². The van der Waals surface area contributed by atoms with Crippen LogP contribution in [0.25, 0.3) is 0 Å². The third-order valence-corrected chi connectivity index (χ3v) is 11.1. The first kappa shape index (κ1) is 33.9. The molecule has 0 heterocycles. The molecule has 3 saturated carbocycles. The van der Waals surface area contributed by atoms with E-state index in [0.717, 1.165) is 74.1 Å². The molecule has 2 aromatic carbocycles. The number of carbonyl (C=O) groups is 2. The van der Waals surface area contributed by atoms with Gasteiger partial charge in [0.05, 0.1) is 0 Å². The molecule has 5 rings (SSSR count). The van der Waals surface area contributed by atoms with Crippen molar-refractivity contribution < 1.29 is 9.59 Å². The number of amides is 4. The van der Waals surface area contributed by atoms with Crippen LogP contribution in [0.5, 0.6) is 0 Å². The molecule has 3 aliphatic carbocycles. The van der Waals surface area contributed by atoms with Crippen LogP contribution in [0.1, 0.15) is 96.3 Å². The molecule has 0 bridgehead atoms. The summed E-state index contributed by atoms with van der Waals surface area (Å²) in [5.74, 6) is 0.812. The number of nitrogens with zero attached hydrogens (tertiary/aromatic N) is 2. The molecule has 3 fully saturated rings. The highest BCUT2D eigenvalue weighted by Crippen LogP contribution is 2.50. The number of carbonyl (C=O) groups excluding carboxylic acids is 2. The monoisotopic (exact) mass is 630 g/mol. The normalized spacial score (nSPS) is 20.2. The number of nitrogens with one attached hydrogen (secondary N) is 4. The molecule has 8 heteroatoms. The van der Waals surface area contributed by atoms with Crippen molar-refractivity contribution in [1.82, 2.24) is 10.6 Å². The summed E-state index contributed by atoms with van der Waals surface area (Å²) in [7, 11) is 8.08. The molecule has 2 aromatic rings. The summed E-state index contributed by atoms with van der Waals surface area (Å²) in [5, 5.41) is 13.5. The van der Waals surface area contributed by atoms with Gasteiger partial charge in [0.2, 0.25) is 0 Å². The first-order valence-corrected chi connectivity index (χ1v) is 17.9. The van der Waals surface area contributed by atoms with Gasteiger partial charge in [-0.05, 0) is 98.9 Å². The van der Waals surface area contributed by atoms with Crippen molar-refractivity contribution in [3.8, 4) is 0 Å². The van der Waals surface area contributed by atoms with Crippen molar-refractivity contribution in [2.45, 2.75) is 108 Å². The van der Waals surface area contributed by atoms with Gasteiger partial charge in [-0.25, -0.2) is 9.59 Å². The average molecular weight is 631 g/mol. The molecule has 2 atom stereocenters. The summed E-state index contributed by atoms with van der Waals surface area (Å²) < 4.78 is 0. The highest BCUT2D eigenvalue weighted by atomic mass is 16.2. The van der Waals surface area contributed by atoms with Crippen LogP contribution in [-0.2, 0) is 0 Å². The molecule has 3 aliphatic rings. The number of urea groups is 2. The average Bonchev–Trinajstić information content (AvgIpc) is 3.07. The number of hydrogen-bond donors (Lipinski definition) is 4. The van der Waals surface area contributed by atoms with Crippen LogP contribution in [0, 0.1) is 17.3 Å². The zero-order valence-electron chi connectivity index (χ0n) is 28.7. The predicted molar refractivity (Wildman–Crippen MR) is 192 cm³/mol. The maximum atomic E-state index is 13.9. The Balaban J connectivity index is 1.43. The Labute approximate surface area is 277 Å². The first-order valence-electron chi connectivity index (χ1n) is 17.9. The van der Waals surface area contributed by atoms with Gasteiger partial charge in [0.15, 0.2) is 0 Å². The minimum atomic E-state index is -0.194. The zero-order chi connectivity index (χ0) is 32.5. The molecule has 0 aromatic heterocycles. The van der Waals surface area contributed by atoms with Gasteiger partial charge in [-0.3, -0.25) is 0 Å². The van der Waals surface area contributed by atoms with E-state index in [1.165, 1.54) is 44.9 Å². The maximum Gasteiger partial charge on any atom is 0.319 e. The molecule has 0 radical (unpaired) electrons. The van der Waals surface area contributed by atoms with Crippen molar-refractivity contribution in [3.05, 3.63) is 48.5 Å². The predicted octanol–water partition coefficient (Wildman–Crippen LogP) is 8.61. The van der Waals surface area contributed by atoms with Crippen LogP contribution in [0.4, 0.5) is 32.3 Å². The fraction of sp³-hybridized carbons (Fsp3) is 0.632. The smallest absolute Gasteiger partial charge is 0.319 e. The van der Waals surface area contributed by atoms with Gasteiger partial charge in [0.25, 0.3) is 0 Å². The van der Waals surface area contributed by atoms with Gasteiger partial charge >= 0.3 is 12.1 Å². The SMILES string of the molecule is CN(C)c1ccc(NC(=O)NC(C2CCCCC2)C2(C(NC(=O)Nc3ccc(N(C)C)cc3)C3CCCCC3)CCCCC2)cc1. The lowest BCUT2D eigenvalue weighted by molar-refractivity contribution is 0.0105. The Morgan fingerprint density at radius 2 is 0.913 bits per heavy atom. The molecule has 0 aliphatic heterocycles. The van der Waals surface area contributed by atoms with Crippen molar-refractivity contribution >= 4 is 34.8 Å². The quantitative estimate of drug-likeness (QED) is 0.212. The second-order valence-electron chi connectivity index (χ2n) is 14.6. The van der Waals surface area contributed by atoms with E-state index in [1.54, 1.807) is 0 Å². The third kappa shape index (κ3) is 8.48. The Morgan fingerprint density at radius 1 is 0.565 bits per heavy atom. The maximum absolute atomic E-state index is 13.9. The van der Waals surface area contributed by atoms with Crippen LogP contribution in [-0.4, -0.2) is 52.3 Å². The number of rotatable bonds is 10. The van der Waals surface area contributed by atoms with Crippen LogP contribution < -0.4 is 31.1 Å². The molecular weight excluding hydrogens is 572 g/mol. The van der Waals surface area contributed by atoms with Crippen molar-refractivity contribution in [1.29, 1.82) is 0 Å². The van der Waals surface area contributed by atoms with Gasteiger partial charge < -0.3 is 31.1 Å². The largest absolute Gasteiger partial charge is 0.378 e. The molecule has 8 nitrogen and oxygen atoms in total. The Kier molecular flexibility index (Phi) is 11.7. The summed E-state index contributed by atoms with van der Waals surface area (Å²) in [5.41, 5.74) is 3.59. The highest BCUT2D eigenvalue weighted by molar-refractivity contribution is 5.90. The highest BCUT2D eigenvalue weighted by Gasteiger charge is 2.52. The van der Waals surface area contributed by atoms with E-state index < -0.39 is 0 Å². The third-order valence-electron chi connectivity index (χ3n) is 11.1. The van der Waals surface area contributed by atoms with Crippen molar-refractivity contribution in [3.63, 3.8) is 0 Å².